The second-order valence-corrected chi connectivity index (χ2v) is 8.83. The topological polar surface area (TPSA) is 91.5 Å². The summed E-state index contributed by atoms with van der Waals surface area (Å²) < 4.78 is 5.87. The number of ether oxygens (including phenoxy) is 1. The fourth-order valence-electron chi connectivity index (χ4n) is 4.37. The molecule has 35 heavy (non-hydrogen) atoms. The number of carbonyl (C=O) groups is 2. The molecular weight excluding hydrogens is 442 g/mol. The van der Waals surface area contributed by atoms with E-state index in [1.165, 1.54) is 0 Å². The van der Waals surface area contributed by atoms with Crippen molar-refractivity contribution in [2.24, 2.45) is 0 Å². The molecular formula is C28H31N3O4. The predicted octanol–water partition coefficient (Wildman–Crippen LogP) is 4.23. The zero-order chi connectivity index (χ0) is 24.8. The Bertz CT molecular complexity index is 1260. The van der Waals surface area contributed by atoms with Crippen molar-refractivity contribution in [1.82, 2.24) is 15.2 Å². The first-order valence-corrected chi connectivity index (χ1v) is 12.1. The highest BCUT2D eigenvalue weighted by Crippen LogP contribution is 2.28. The van der Waals surface area contributed by atoms with Crippen molar-refractivity contribution in [3.63, 3.8) is 0 Å². The Morgan fingerprint density at radius 1 is 1.06 bits per heavy atom. The van der Waals surface area contributed by atoms with Gasteiger partial charge in [-0.15, -0.1) is 0 Å². The molecule has 7 nitrogen and oxygen atoms in total. The Hall–Kier alpha value is -3.87. The maximum atomic E-state index is 13.0. The number of nitrogens with zero attached hydrogens (tertiary/aromatic N) is 1. The number of aromatic amines is 1. The van der Waals surface area contributed by atoms with E-state index in [1.54, 1.807) is 18.2 Å². The molecule has 1 saturated heterocycles. The smallest absolute Gasteiger partial charge is 0.261 e. The average molecular weight is 474 g/mol. The monoisotopic (exact) mass is 473 g/mol. The maximum absolute atomic E-state index is 13.0. The SMILES string of the molecule is CCC(NC(=O)c1ccc(-c2cccc(C)c2)[nH]c1=O)c1ccccc1OCC(=O)N1CCCC1. The van der Waals surface area contributed by atoms with Gasteiger partial charge in [-0.25, -0.2) is 0 Å². The largest absolute Gasteiger partial charge is 0.483 e. The van der Waals surface area contributed by atoms with E-state index in [1.807, 2.05) is 61.2 Å². The van der Waals surface area contributed by atoms with Crippen molar-refractivity contribution >= 4 is 11.8 Å². The van der Waals surface area contributed by atoms with Gasteiger partial charge in [-0.1, -0.05) is 48.9 Å². The Balaban J connectivity index is 1.48. The maximum Gasteiger partial charge on any atom is 0.261 e. The van der Waals surface area contributed by atoms with Gasteiger partial charge in [-0.05, 0) is 56.0 Å². The van der Waals surface area contributed by atoms with Crippen LogP contribution in [-0.4, -0.2) is 41.4 Å². The first-order valence-electron chi connectivity index (χ1n) is 12.1. The zero-order valence-electron chi connectivity index (χ0n) is 20.2. The van der Waals surface area contributed by atoms with E-state index in [2.05, 4.69) is 10.3 Å². The Kier molecular flexibility index (Phi) is 7.65. The lowest BCUT2D eigenvalue weighted by Gasteiger charge is -2.21. The molecule has 2 N–H and O–H groups in total. The third-order valence-electron chi connectivity index (χ3n) is 6.30. The van der Waals surface area contributed by atoms with Gasteiger partial charge in [0.25, 0.3) is 17.4 Å². The number of likely N-dealkylation sites (tertiary alicyclic amines) is 1. The molecule has 1 fully saturated rings. The minimum Gasteiger partial charge on any atom is -0.483 e. The van der Waals surface area contributed by atoms with Crippen molar-refractivity contribution < 1.29 is 14.3 Å². The molecule has 4 rings (SSSR count). The number of nitrogens with one attached hydrogen (secondary N) is 2. The third-order valence-corrected chi connectivity index (χ3v) is 6.30. The van der Waals surface area contributed by atoms with E-state index in [-0.39, 0.29) is 24.1 Å². The molecule has 182 valence electrons. The summed E-state index contributed by atoms with van der Waals surface area (Å²) in [6.45, 7) is 5.44. The van der Waals surface area contributed by atoms with Crippen LogP contribution in [0.5, 0.6) is 5.75 Å². The highest BCUT2D eigenvalue weighted by atomic mass is 16.5. The Morgan fingerprint density at radius 3 is 2.54 bits per heavy atom. The summed E-state index contributed by atoms with van der Waals surface area (Å²) in [6.07, 6.45) is 2.64. The van der Waals surface area contributed by atoms with Crippen LogP contribution >= 0.6 is 0 Å². The van der Waals surface area contributed by atoms with Gasteiger partial charge in [-0.2, -0.15) is 0 Å². The number of hydrogen-bond donors (Lipinski definition) is 2. The summed E-state index contributed by atoms with van der Waals surface area (Å²) in [7, 11) is 0. The van der Waals surface area contributed by atoms with Crippen LogP contribution in [0.25, 0.3) is 11.3 Å². The van der Waals surface area contributed by atoms with Crippen LogP contribution in [0.2, 0.25) is 0 Å². The van der Waals surface area contributed by atoms with Crippen LogP contribution in [0.4, 0.5) is 0 Å². The Morgan fingerprint density at radius 2 is 1.83 bits per heavy atom. The Labute approximate surface area is 205 Å². The summed E-state index contributed by atoms with van der Waals surface area (Å²) >= 11 is 0. The number of carbonyl (C=O) groups excluding carboxylic acids is 2. The molecule has 2 heterocycles. The van der Waals surface area contributed by atoms with Gasteiger partial charge in [0.15, 0.2) is 6.61 Å². The first-order chi connectivity index (χ1) is 17.0. The molecule has 0 aliphatic carbocycles. The molecule has 1 aliphatic heterocycles. The van der Waals surface area contributed by atoms with E-state index in [9.17, 15) is 14.4 Å². The van der Waals surface area contributed by atoms with Gasteiger partial charge >= 0.3 is 0 Å². The van der Waals surface area contributed by atoms with Gasteiger partial charge in [0, 0.05) is 24.3 Å². The predicted molar refractivity (Wildman–Crippen MR) is 135 cm³/mol. The van der Waals surface area contributed by atoms with Crippen molar-refractivity contribution in [1.29, 1.82) is 0 Å². The minimum atomic E-state index is -0.461. The molecule has 1 unspecified atom stereocenters. The molecule has 1 aliphatic rings. The molecule has 2 amide bonds. The lowest BCUT2D eigenvalue weighted by molar-refractivity contribution is -0.132. The van der Waals surface area contributed by atoms with Gasteiger partial charge < -0.3 is 19.9 Å². The van der Waals surface area contributed by atoms with Crippen LogP contribution in [0.15, 0.2) is 65.5 Å². The minimum absolute atomic E-state index is 0.0328. The van der Waals surface area contributed by atoms with E-state index >= 15 is 0 Å². The van der Waals surface area contributed by atoms with Crippen molar-refractivity contribution in [2.75, 3.05) is 19.7 Å². The van der Waals surface area contributed by atoms with E-state index in [0.717, 1.165) is 42.6 Å². The zero-order valence-corrected chi connectivity index (χ0v) is 20.2. The van der Waals surface area contributed by atoms with Crippen LogP contribution < -0.4 is 15.6 Å². The molecule has 1 aromatic heterocycles. The number of H-pyrrole nitrogens is 1. The number of pyridine rings is 1. The molecule has 0 saturated carbocycles. The number of aromatic nitrogens is 1. The van der Waals surface area contributed by atoms with Crippen LogP contribution in [0, 0.1) is 6.92 Å². The molecule has 2 aromatic carbocycles. The fourth-order valence-corrected chi connectivity index (χ4v) is 4.37. The van der Waals surface area contributed by atoms with Gasteiger partial charge in [0.1, 0.15) is 11.3 Å². The molecule has 7 heteroatoms. The van der Waals surface area contributed by atoms with Crippen molar-refractivity contribution in [3.05, 3.63) is 87.7 Å². The molecule has 0 spiro atoms. The van der Waals surface area contributed by atoms with E-state index < -0.39 is 11.5 Å². The summed E-state index contributed by atoms with van der Waals surface area (Å²) in [5.41, 5.74) is 2.99. The number of benzene rings is 2. The highest BCUT2D eigenvalue weighted by molar-refractivity contribution is 5.94. The lowest BCUT2D eigenvalue weighted by atomic mass is 10.0. The second kappa shape index (κ2) is 11.0. The van der Waals surface area contributed by atoms with Crippen molar-refractivity contribution in [2.45, 2.75) is 39.2 Å². The third kappa shape index (κ3) is 5.80. The van der Waals surface area contributed by atoms with Crippen LogP contribution in [-0.2, 0) is 4.79 Å². The number of aryl methyl sites for hydroxylation is 1. The van der Waals surface area contributed by atoms with Crippen LogP contribution in [0.3, 0.4) is 0 Å². The molecule has 0 radical (unpaired) electrons. The summed E-state index contributed by atoms with van der Waals surface area (Å²) in [5.74, 6) is 0.0577. The van der Waals surface area contributed by atoms with E-state index in [4.69, 9.17) is 4.74 Å². The molecule has 0 bridgehead atoms. The molecule has 3 aromatic rings. The van der Waals surface area contributed by atoms with Crippen LogP contribution in [0.1, 0.15) is 53.7 Å². The first kappa shape index (κ1) is 24.3. The van der Waals surface area contributed by atoms with Gasteiger partial charge in [-0.3, -0.25) is 14.4 Å². The standard InChI is InChI=1S/C28H31N3O4/c1-3-23(21-11-4-5-12-25(21)35-18-26(32)31-15-6-7-16-31)29-27(33)22-13-14-24(30-28(22)34)20-10-8-9-19(2)17-20/h4-5,8-14,17,23H,3,6-7,15-16,18H2,1-2H3,(H,29,33)(H,30,34). The lowest BCUT2D eigenvalue weighted by Crippen LogP contribution is -2.34. The van der Waals surface area contributed by atoms with Crippen molar-refractivity contribution in [3.8, 4) is 17.0 Å². The van der Waals surface area contributed by atoms with E-state index in [0.29, 0.717) is 17.9 Å². The summed E-state index contributed by atoms with van der Waals surface area (Å²) in [6, 6.07) is 18.1. The van der Waals surface area contributed by atoms with Gasteiger partial charge in [0.05, 0.1) is 6.04 Å². The van der Waals surface area contributed by atoms with Gasteiger partial charge in [0.2, 0.25) is 0 Å². The fraction of sp³-hybridized carbons (Fsp3) is 0.321. The number of para-hydroxylation sites is 1. The number of rotatable bonds is 8. The molecule has 1 atom stereocenters. The summed E-state index contributed by atoms with van der Waals surface area (Å²) in [5, 5.41) is 2.96. The number of amides is 2. The second-order valence-electron chi connectivity index (χ2n) is 8.83. The average Bonchev–Trinajstić information content (AvgIpc) is 3.41. The number of hydrogen-bond acceptors (Lipinski definition) is 4. The normalized spacial score (nSPS) is 13.9. The highest BCUT2D eigenvalue weighted by Gasteiger charge is 2.22. The summed E-state index contributed by atoms with van der Waals surface area (Å²) in [4.78, 5) is 42.8. The quantitative estimate of drug-likeness (QED) is 0.512.